The second-order valence-electron chi connectivity index (χ2n) is 5.79. The maximum Gasteiger partial charge on any atom is 0.435 e. The molecule has 0 aliphatic heterocycles. The van der Waals surface area contributed by atoms with Crippen molar-refractivity contribution in [3.63, 3.8) is 0 Å². The zero-order chi connectivity index (χ0) is 20.2. The molecule has 2 aromatic rings. The zero-order valence-corrected chi connectivity index (χ0v) is 18.2. The van der Waals surface area contributed by atoms with Gasteiger partial charge in [-0.25, -0.2) is 9.55 Å². The quantitative estimate of drug-likeness (QED) is 0.219. The highest BCUT2D eigenvalue weighted by Crippen LogP contribution is 2.44. The summed E-state index contributed by atoms with van der Waals surface area (Å²) in [5.41, 5.74) is 3.05. The van der Waals surface area contributed by atoms with Crippen molar-refractivity contribution in [2.24, 2.45) is 4.99 Å². The number of nitrogens with one attached hydrogen (secondary N) is 3. The average molecular weight is 425 g/mol. The molecule has 8 nitrogen and oxygen atoms in total. The molecule has 154 valence electrons. The lowest BCUT2D eigenvalue weighted by Gasteiger charge is -2.20. The lowest BCUT2D eigenvalue weighted by atomic mass is 10.2. The fourth-order valence-corrected chi connectivity index (χ4v) is 4.38. The minimum atomic E-state index is -3.52. The Kier molecular flexibility index (Phi) is 9.57. The van der Waals surface area contributed by atoms with Crippen molar-refractivity contribution < 1.29 is 13.6 Å². The van der Waals surface area contributed by atoms with Gasteiger partial charge in [-0.1, -0.05) is 30.3 Å². The maximum absolute atomic E-state index is 12.9. The van der Waals surface area contributed by atoms with Gasteiger partial charge in [-0.05, 0) is 19.4 Å². The molecule has 0 bridgehead atoms. The third kappa shape index (κ3) is 7.67. The topological polar surface area (TPSA) is 101 Å². The Balaban J connectivity index is 1.84. The molecule has 0 aliphatic rings. The van der Waals surface area contributed by atoms with E-state index in [1.54, 1.807) is 32.1 Å². The SMILES string of the molecule is CCOP(=O)(N/C(=N\CCSCc1nc[nH]c1C)NC)OCc1ccccc1. The first-order chi connectivity index (χ1) is 13.6. The molecule has 0 fully saturated rings. The van der Waals surface area contributed by atoms with Crippen molar-refractivity contribution in [1.29, 1.82) is 0 Å². The molecule has 1 aromatic carbocycles. The summed E-state index contributed by atoms with van der Waals surface area (Å²) in [5, 5.41) is 5.70. The van der Waals surface area contributed by atoms with Crippen LogP contribution in [0.25, 0.3) is 0 Å². The van der Waals surface area contributed by atoms with E-state index in [2.05, 4.69) is 25.4 Å². The minimum absolute atomic E-state index is 0.182. The van der Waals surface area contributed by atoms with Crippen LogP contribution in [-0.2, 0) is 26.0 Å². The smallest absolute Gasteiger partial charge is 0.359 e. The summed E-state index contributed by atoms with van der Waals surface area (Å²) < 4.78 is 23.9. The van der Waals surface area contributed by atoms with Crippen molar-refractivity contribution in [2.45, 2.75) is 26.2 Å². The van der Waals surface area contributed by atoms with Crippen LogP contribution in [0, 0.1) is 6.92 Å². The molecule has 2 rings (SSSR count). The molecule has 3 N–H and O–H groups in total. The number of aliphatic imine (C=N–C) groups is 1. The van der Waals surface area contributed by atoms with Gasteiger partial charge >= 0.3 is 7.75 Å². The molecule has 10 heteroatoms. The molecular formula is C18H28N5O3PS. The first-order valence-electron chi connectivity index (χ1n) is 9.06. The molecule has 1 atom stereocenters. The number of imidazole rings is 1. The molecule has 0 saturated heterocycles. The summed E-state index contributed by atoms with van der Waals surface area (Å²) in [4.78, 5) is 11.8. The van der Waals surface area contributed by atoms with Crippen LogP contribution in [0.4, 0.5) is 0 Å². The Bertz CT molecular complexity index is 785. The average Bonchev–Trinajstić information content (AvgIpc) is 3.11. The molecular weight excluding hydrogens is 397 g/mol. The van der Waals surface area contributed by atoms with Crippen molar-refractivity contribution in [2.75, 3.05) is 26.0 Å². The summed E-state index contributed by atoms with van der Waals surface area (Å²) in [6.07, 6.45) is 1.70. The van der Waals surface area contributed by atoms with Gasteiger partial charge in [0.05, 0.1) is 31.8 Å². The van der Waals surface area contributed by atoms with Crippen LogP contribution in [-0.4, -0.2) is 41.9 Å². The molecule has 0 spiro atoms. The van der Waals surface area contributed by atoms with E-state index >= 15 is 0 Å². The van der Waals surface area contributed by atoms with Gasteiger partial charge in [-0.3, -0.25) is 19.1 Å². The number of aromatic amines is 1. The molecule has 0 aliphatic carbocycles. The van der Waals surface area contributed by atoms with Crippen molar-refractivity contribution in [3.8, 4) is 0 Å². The van der Waals surface area contributed by atoms with Gasteiger partial charge in [0.15, 0.2) is 5.96 Å². The molecule has 1 heterocycles. The van der Waals surface area contributed by atoms with Gasteiger partial charge in [0, 0.05) is 24.2 Å². The van der Waals surface area contributed by atoms with Crippen molar-refractivity contribution >= 4 is 25.5 Å². The zero-order valence-electron chi connectivity index (χ0n) is 16.5. The first kappa shape index (κ1) is 22.5. The standard InChI is InChI=1S/C18H28N5O3PS/c1-4-25-27(24,26-12-16-8-6-5-7-9-16)23-18(19-3)20-10-11-28-13-17-15(2)21-14-22-17/h5-9,14H,4,10-13H2,1-3H3,(H,21,22)(H2,19,20,23,24). The van der Waals surface area contributed by atoms with E-state index in [0.29, 0.717) is 12.5 Å². The van der Waals surface area contributed by atoms with Crippen LogP contribution in [0.1, 0.15) is 23.9 Å². The Morgan fingerprint density at radius 1 is 1.32 bits per heavy atom. The summed E-state index contributed by atoms with van der Waals surface area (Å²) in [6.45, 7) is 4.77. The van der Waals surface area contributed by atoms with Crippen molar-refractivity contribution in [3.05, 3.63) is 53.6 Å². The molecule has 0 saturated carbocycles. The largest absolute Gasteiger partial charge is 0.435 e. The highest BCUT2D eigenvalue weighted by atomic mass is 32.2. The lowest BCUT2D eigenvalue weighted by molar-refractivity contribution is 0.200. The van der Waals surface area contributed by atoms with Gasteiger partial charge in [-0.2, -0.15) is 11.8 Å². The number of H-pyrrole nitrogens is 1. The van der Waals surface area contributed by atoms with Gasteiger partial charge in [-0.15, -0.1) is 0 Å². The second kappa shape index (κ2) is 11.9. The number of guanidine groups is 1. The van der Waals surface area contributed by atoms with E-state index in [9.17, 15) is 4.57 Å². The summed E-state index contributed by atoms with van der Waals surface area (Å²) in [6, 6.07) is 9.53. The van der Waals surface area contributed by atoms with E-state index < -0.39 is 7.75 Å². The van der Waals surface area contributed by atoms with Crippen LogP contribution >= 0.6 is 19.5 Å². The normalized spacial score (nSPS) is 13.9. The van der Waals surface area contributed by atoms with E-state index in [4.69, 9.17) is 9.05 Å². The van der Waals surface area contributed by atoms with E-state index in [1.807, 2.05) is 37.3 Å². The summed E-state index contributed by atoms with van der Waals surface area (Å²) in [5.74, 6) is 2.01. The third-order valence-electron chi connectivity index (χ3n) is 3.70. The molecule has 1 unspecified atom stereocenters. The van der Waals surface area contributed by atoms with Crippen LogP contribution in [0.3, 0.4) is 0 Å². The molecule has 1 aromatic heterocycles. The van der Waals surface area contributed by atoms with Gasteiger partial charge in [0.2, 0.25) is 0 Å². The van der Waals surface area contributed by atoms with Crippen LogP contribution in [0.15, 0.2) is 41.7 Å². The number of aryl methyl sites for hydroxylation is 1. The van der Waals surface area contributed by atoms with Crippen molar-refractivity contribution in [1.82, 2.24) is 20.4 Å². The van der Waals surface area contributed by atoms with Crippen LogP contribution in [0.5, 0.6) is 0 Å². The Morgan fingerprint density at radius 3 is 2.75 bits per heavy atom. The maximum atomic E-state index is 12.9. The second-order valence-corrected chi connectivity index (χ2v) is 8.63. The van der Waals surface area contributed by atoms with Crippen LogP contribution < -0.4 is 10.4 Å². The molecule has 28 heavy (non-hydrogen) atoms. The molecule has 0 amide bonds. The third-order valence-corrected chi connectivity index (χ3v) is 6.20. The predicted octanol–water partition coefficient (Wildman–Crippen LogP) is 3.48. The van der Waals surface area contributed by atoms with E-state index in [-0.39, 0.29) is 13.2 Å². The summed E-state index contributed by atoms with van der Waals surface area (Å²) >= 11 is 1.74. The van der Waals surface area contributed by atoms with Gasteiger partial charge in [0.1, 0.15) is 0 Å². The fourth-order valence-electron chi connectivity index (χ4n) is 2.23. The number of nitrogens with zero attached hydrogens (tertiary/aromatic N) is 2. The Hall–Kier alpha value is -1.80. The highest BCUT2D eigenvalue weighted by Gasteiger charge is 2.26. The van der Waals surface area contributed by atoms with E-state index in [0.717, 1.165) is 28.5 Å². The first-order valence-corrected chi connectivity index (χ1v) is 11.8. The van der Waals surface area contributed by atoms with E-state index in [1.165, 1.54) is 0 Å². The summed E-state index contributed by atoms with van der Waals surface area (Å²) in [7, 11) is -1.82. The number of thioether (sulfide) groups is 1. The highest BCUT2D eigenvalue weighted by molar-refractivity contribution is 7.98. The number of benzene rings is 1. The number of hydrogen-bond donors (Lipinski definition) is 3. The van der Waals surface area contributed by atoms with Gasteiger partial charge < -0.3 is 10.3 Å². The number of hydrogen-bond acceptors (Lipinski definition) is 6. The monoisotopic (exact) mass is 425 g/mol. The van der Waals surface area contributed by atoms with Crippen LogP contribution in [0.2, 0.25) is 0 Å². The number of aromatic nitrogens is 2. The molecule has 0 radical (unpaired) electrons. The Labute approximate surface area is 170 Å². The fraction of sp³-hybridized carbons (Fsp3) is 0.444. The van der Waals surface area contributed by atoms with Gasteiger partial charge in [0.25, 0.3) is 0 Å². The Morgan fingerprint density at radius 2 is 2.11 bits per heavy atom. The number of rotatable bonds is 11. The predicted molar refractivity (Wildman–Crippen MR) is 114 cm³/mol. The lowest BCUT2D eigenvalue weighted by Crippen LogP contribution is -2.34. The minimum Gasteiger partial charge on any atom is -0.359 e.